The van der Waals surface area contributed by atoms with Crippen LogP contribution in [0.25, 0.3) is 66.2 Å². The van der Waals surface area contributed by atoms with Gasteiger partial charge in [0.05, 0.1) is 11.4 Å². The van der Waals surface area contributed by atoms with Gasteiger partial charge in [-0.3, -0.25) is 0 Å². The first-order valence-electron chi connectivity index (χ1n) is 22.1. The normalized spacial score (nSPS) is 11.6. The van der Waals surface area contributed by atoms with Crippen molar-refractivity contribution in [2.24, 2.45) is 0 Å². The summed E-state index contributed by atoms with van der Waals surface area (Å²) in [4.78, 5) is 29.0. The molecule has 0 aliphatic rings. The number of benzene rings is 7. The first-order valence-corrected chi connectivity index (χ1v) is 23.7. The number of thiophene rings is 2. The minimum absolute atomic E-state index is 0.324. The molecule has 0 aliphatic heterocycles. The molecule has 0 fully saturated rings. The zero-order valence-electron chi connectivity index (χ0n) is 38.1. The predicted octanol–water partition coefficient (Wildman–Crippen LogP) is 15.7. The Hall–Kier alpha value is -8.60. The van der Waals surface area contributed by atoms with Crippen molar-refractivity contribution in [3.05, 3.63) is 218 Å². The largest absolute Gasteiger partial charge is 0.477 e. The number of aryl methyl sites for hydroxylation is 4. The monoisotopic (exact) mass is 933 g/mol. The van der Waals surface area contributed by atoms with E-state index in [2.05, 4.69) is 160 Å². The molecule has 69 heavy (non-hydrogen) atoms. The number of nitrogens with zero attached hydrogens (tertiary/aromatic N) is 3. The molecule has 0 unspecified atom stereocenters. The van der Waals surface area contributed by atoms with Gasteiger partial charge in [0, 0.05) is 36.0 Å². The number of rotatable bonds is 12. The molecule has 9 aromatic rings. The van der Waals surface area contributed by atoms with Gasteiger partial charge in [-0.2, -0.15) is 10.5 Å². The van der Waals surface area contributed by atoms with Gasteiger partial charge in [0.25, 0.3) is 0 Å². The molecular weight excluding hydrogens is 891 g/mol. The number of aliphatic carboxylic acids is 2. The number of fused-ring (bicyclic) bond motifs is 2. The lowest BCUT2D eigenvalue weighted by atomic mass is 9.93. The van der Waals surface area contributed by atoms with Gasteiger partial charge in [-0.1, -0.05) is 97.1 Å². The second-order valence-corrected chi connectivity index (χ2v) is 19.0. The van der Waals surface area contributed by atoms with E-state index in [1.165, 1.54) is 34.8 Å². The van der Waals surface area contributed by atoms with Crippen LogP contribution in [0.2, 0.25) is 0 Å². The van der Waals surface area contributed by atoms with Crippen molar-refractivity contribution in [2.45, 2.75) is 27.7 Å². The van der Waals surface area contributed by atoms with Crippen LogP contribution in [0.5, 0.6) is 0 Å². The van der Waals surface area contributed by atoms with E-state index in [9.17, 15) is 30.3 Å². The maximum atomic E-state index is 11.7. The highest BCUT2D eigenvalue weighted by Gasteiger charge is 2.23. The summed E-state index contributed by atoms with van der Waals surface area (Å²) in [6.07, 6.45) is 5.06. The maximum Gasteiger partial charge on any atom is 0.346 e. The topological polar surface area (TPSA) is 125 Å². The van der Waals surface area contributed by atoms with Crippen LogP contribution < -0.4 is 4.90 Å². The molecule has 0 saturated carbocycles. The molecule has 0 bridgehead atoms. The van der Waals surface area contributed by atoms with Gasteiger partial charge in [-0.15, -0.1) is 22.7 Å². The van der Waals surface area contributed by atoms with E-state index in [0.717, 1.165) is 104 Å². The Bertz CT molecular complexity index is 3460. The number of carboxylic acids is 2. The first-order chi connectivity index (χ1) is 33.4. The van der Waals surface area contributed by atoms with Gasteiger partial charge >= 0.3 is 11.9 Å². The van der Waals surface area contributed by atoms with Gasteiger partial charge in [-0.25, -0.2) is 9.59 Å². The molecule has 334 valence electrons. The number of nitriles is 2. The lowest BCUT2D eigenvalue weighted by molar-refractivity contribution is -0.133. The summed E-state index contributed by atoms with van der Waals surface area (Å²) in [6, 6.07) is 58.2. The van der Waals surface area contributed by atoms with E-state index >= 15 is 0 Å². The Morgan fingerprint density at radius 2 is 0.899 bits per heavy atom. The molecule has 0 atom stereocenters. The molecule has 9 rings (SSSR count). The molecule has 0 radical (unpaired) electrons. The summed E-state index contributed by atoms with van der Waals surface area (Å²) < 4.78 is 0. The second-order valence-electron chi connectivity index (χ2n) is 16.8. The molecule has 7 aromatic carbocycles. The van der Waals surface area contributed by atoms with Crippen LogP contribution in [0.3, 0.4) is 0 Å². The Balaban J connectivity index is 1.27. The number of hydrogen-bond donors (Lipinski definition) is 2. The van der Waals surface area contributed by atoms with Crippen LogP contribution in [0.1, 0.15) is 48.7 Å². The third kappa shape index (κ3) is 9.26. The van der Waals surface area contributed by atoms with Gasteiger partial charge in [-0.05, 0) is 173 Å². The third-order valence-electron chi connectivity index (χ3n) is 12.4. The van der Waals surface area contributed by atoms with E-state index in [4.69, 9.17) is 0 Å². The highest BCUT2D eigenvalue weighted by Crippen LogP contribution is 2.48. The Morgan fingerprint density at radius 3 is 1.29 bits per heavy atom. The highest BCUT2D eigenvalue weighted by atomic mass is 32.1. The molecule has 0 spiro atoms. The van der Waals surface area contributed by atoms with E-state index in [1.807, 2.05) is 36.4 Å². The molecule has 7 nitrogen and oxygen atoms in total. The first kappa shape index (κ1) is 45.6. The van der Waals surface area contributed by atoms with Crippen LogP contribution in [0.4, 0.5) is 17.1 Å². The molecule has 0 aliphatic carbocycles. The van der Waals surface area contributed by atoms with E-state index < -0.39 is 11.9 Å². The molecule has 2 heterocycles. The van der Waals surface area contributed by atoms with Crippen molar-refractivity contribution in [3.63, 3.8) is 0 Å². The minimum Gasteiger partial charge on any atom is -0.477 e. The third-order valence-corrected chi connectivity index (χ3v) is 14.5. The number of hydrogen-bond acceptors (Lipinski definition) is 7. The average Bonchev–Trinajstić information content (AvgIpc) is 4.03. The van der Waals surface area contributed by atoms with Gasteiger partial charge in [0.1, 0.15) is 23.3 Å². The summed E-state index contributed by atoms with van der Waals surface area (Å²) in [7, 11) is 0. The van der Waals surface area contributed by atoms with Crippen LogP contribution >= 0.6 is 22.7 Å². The van der Waals surface area contributed by atoms with Gasteiger partial charge in [0.15, 0.2) is 0 Å². The molecule has 2 aromatic heterocycles. The van der Waals surface area contributed by atoms with Crippen molar-refractivity contribution in [1.29, 1.82) is 10.5 Å². The number of carbonyl (C=O) groups is 2. The smallest absolute Gasteiger partial charge is 0.346 e. The zero-order chi connectivity index (χ0) is 48.3. The maximum absolute atomic E-state index is 11.7. The van der Waals surface area contributed by atoms with E-state index in [-0.39, 0.29) is 11.1 Å². The van der Waals surface area contributed by atoms with Crippen LogP contribution in [-0.4, -0.2) is 22.2 Å². The van der Waals surface area contributed by atoms with Gasteiger partial charge < -0.3 is 15.1 Å². The minimum atomic E-state index is -1.27. The lowest BCUT2D eigenvalue weighted by Crippen LogP contribution is -2.12. The molecular formula is C60H43N3O4S2. The average molecular weight is 934 g/mol. The summed E-state index contributed by atoms with van der Waals surface area (Å²) in [5.41, 5.74) is 13.1. The van der Waals surface area contributed by atoms with E-state index in [1.54, 1.807) is 12.1 Å². The van der Waals surface area contributed by atoms with Crippen molar-refractivity contribution in [1.82, 2.24) is 0 Å². The summed E-state index contributed by atoms with van der Waals surface area (Å²) in [5, 5.41) is 42.2. The Kier molecular flexibility index (Phi) is 12.8. The number of anilines is 3. The van der Waals surface area contributed by atoms with Gasteiger partial charge in [0.2, 0.25) is 0 Å². The quantitative estimate of drug-likeness (QED) is 0.0710. The summed E-state index contributed by atoms with van der Waals surface area (Å²) in [5.74, 6) is -2.53. The predicted molar refractivity (Wildman–Crippen MR) is 284 cm³/mol. The number of carboxylic acid groups (broad SMARTS) is 2. The Morgan fingerprint density at radius 1 is 0.493 bits per heavy atom. The SMILES string of the molecule is Cc1cc2c(-c3ccc(C=C(C#N)C(=O)O)s3)ccc(N(c3ccc(C=C(c4ccccc4)c4ccccc4)cc3)c3ccc(-c4ccc(C=C(C#N)C(=O)O)s4)c4cc(C)c(C)cc34)c2cc1C. The standard InChI is InChI=1S/C60H43N3O4S2/c1-36-27-51-48(57-25-19-46(68-57)32-43(34-61)59(64)65)21-23-55(53(51)29-38(36)3)63(45-17-15-40(16-18-45)31-50(41-11-7-5-8-12-41)42-13-9-6-10-14-42)56-24-22-49(52-28-37(2)39(4)30-54(52)56)58-26-20-47(69-58)33-44(35-62)60(66)67/h5-33H,1-4H3,(H,64,65)(H,66,67). The van der Waals surface area contributed by atoms with Crippen molar-refractivity contribution >= 4 is 97.0 Å². The van der Waals surface area contributed by atoms with Crippen LogP contribution in [-0.2, 0) is 9.59 Å². The van der Waals surface area contributed by atoms with Crippen LogP contribution in [0, 0.1) is 50.4 Å². The van der Waals surface area contributed by atoms with Crippen molar-refractivity contribution < 1.29 is 19.8 Å². The summed E-state index contributed by atoms with van der Waals surface area (Å²) >= 11 is 2.87. The zero-order valence-corrected chi connectivity index (χ0v) is 39.7. The molecule has 9 heteroatoms. The summed E-state index contributed by atoms with van der Waals surface area (Å²) in [6.45, 7) is 8.45. The molecule has 0 amide bonds. The fourth-order valence-electron chi connectivity index (χ4n) is 8.59. The fourth-order valence-corrected chi connectivity index (χ4v) is 10.6. The highest BCUT2D eigenvalue weighted by molar-refractivity contribution is 7.16. The van der Waals surface area contributed by atoms with Crippen molar-refractivity contribution in [3.8, 4) is 33.0 Å². The van der Waals surface area contributed by atoms with Crippen molar-refractivity contribution in [2.75, 3.05) is 4.90 Å². The fraction of sp³-hybridized carbons (Fsp3) is 0.0667. The lowest BCUT2D eigenvalue weighted by Gasteiger charge is -2.30. The van der Waals surface area contributed by atoms with Crippen LogP contribution in [0.15, 0.2) is 169 Å². The van der Waals surface area contributed by atoms with E-state index in [0.29, 0.717) is 9.75 Å². The second kappa shape index (κ2) is 19.3. The molecule has 2 N–H and O–H groups in total. The molecule has 0 saturated heterocycles. The Labute approximate surface area is 408 Å².